The maximum atomic E-state index is 13.4. The van der Waals surface area contributed by atoms with E-state index in [1.807, 2.05) is 79.1 Å². The number of nitrogens with zero attached hydrogens (tertiary/aromatic N) is 1. The van der Waals surface area contributed by atoms with Crippen LogP contribution in [0.25, 0.3) is 11.6 Å². The summed E-state index contributed by atoms with van der Waals surface area (Å²) in [7, 11) is 1.60. The fourth-order valence-electron chi connectivity index (χ4n) is 3.47. The molecule has 3 aromatic rings. The minimum absolute atomic E-state index is 0.207. The van der Waals surface area contributed by atoms with Gasteiger partial charge in [0.05, 0.1) is 13.7 Å². The summed E-state index contributed by atoms with van der Waals surface area (Å²) >= 11 is 1.67. The summed E-state index contributed by atoms with van der Waals surface area (Å²) in [6, 6.07) is 22.7. The molecule has 4 rings (SSSR count). The Kier molecular flexibility index (Phi) is 5.72. The summed E-state index contributed by atoms with van der Waals surface area (Å²) < 4.78 is 5.19. The summed E-state index contributed by atoms with van der Waals surface area (Å²) in [5, 5.41) is 0. The Morgan fingerprint density at radius 3 is 2.17 bits per heavy atom. The third-order valence-corrected chi connectivity index (χ3v) is 5.84. The molecular weight excluding hydrogens is 394 g/mol. The predicted molar refractivity (Wildman–Crippen MR) is 120 cm³/mol. The van der Waals surface area contributed by atoms with Crippen LogP contribution in [-0.2, 0) is 11.3 Å². The van der Waals surface area contributed by atoms with Crippen LogP contribution in [0, 0.1) is 0 Å². The van der Waals surface area contributed by atoms with Gasteiger partial charge in [-0.1, -0.05) is 42.5 Å². The van der Waals surface area contributed by atoms with Crippen molar-refractivity contribution < 1.29 is 14.3 Å². The first-order valence-corrected chi connectivity index (χ1v) is 10.8. The van der Waals surface area contributed by atoms with Crippen LogP contribution in [0.3, 0.4) is 0 Å². The van der Waals surface area contributed by atoms with E-state index in [1.165, 1.54) is 4.90 Å². The number of methoxy groups -OCH3 is 1. The van der Waals surface area contributed by atoms with Gasteiger partial charge in [-0.15, -0.1) is 11.8 Å². The maximum Gasteiger partial charge on any atom is 0.261 e. The van der Waals surface area contributed by atoms with Crippen LogP contribution < -0.4 is 4.74 Å². The normalized spacial score (nSPS) is 14.7. The standard InChI is InChI=1S/C25H21NO3S/c1-29-19-11-7-18(8-12-19)16-26-24(27)22-6-4-3-5-21(22)23(25(26)28)15-17-9-13-20(30-2)14-10-17/h3-15H,16H2,1-2H3/b23-15+. The number of hydrogen-bond acceptors (Lipinski definition) is 4. The lowest BCUT2D eigenvalue weighted by Crippen LogP contribution is -2.41. The molecule has 1 aliphatic rings. The van der Waals surface area contributed by atoms with E-state index >= 15 is 0 Å². The van der Waals surface area contributed by atoms with Crippen molar-refractivity contribution in [1.29, 1.82) is 0 Å². The number of hydrogen-bond donors (Lipinski definition) is 0. The summed E-state index contributed by atoms with van der Waals surface area (Å²) in [5.74, 6) is 0.166. The van der Waals surface area contributed by atoms with Crippen molar-refractivity contribution in [3.05, 3.63) is 95.1 Å². The largest absolute Gasteiger partial charge is 0.497 e. The average Bonchev–Trinajstić information content (AvgIpc) is 2.80. The lowest BCUT2D eigenvalue weighted by molar-refractivity contribution is -0.123. The van der Waals surface area contributed by atoms with Crippen molar-refractivity contribution in [3.63, 3.8) is 0 Å². The van der Waals surface area contributed by atoms with Crippen LogP contribution >= 0.6 is 11.8 Å². The first kappa shape index (κ1) is 20.0. The Morgan fingerprint density at radius 2 is 1.53 bits per heavy atom. The predicted octanol–water partition coefficient (Wildman–Crippen LogP) is 5.14. The van der Waals surface area contributed by atoms with Crippen molar-refractivity contribution >= 4 is 35.2 Å². The molecule has 4 nitrogen and oxygen atoms in total. The Hall–Kier alpha value is -3.31. The van der Waals surface area contributed by atoms with Gasteiger partial charge < -0.3 is 4.74 Å². The topological polar surface area (TPSA) is 46.6 Å². The SMILES string of the molecule is COc1ccc(CN2C(=O)/C(=C/c3ccc(SC)cc3)c3ccccc3C2=O)cc1. The zero-order valence-corrected chi connectivity index (χ0v) is 17.6. The molecule has 1 aliphatic heterocycles. The van der Waals surface area contributed by atoms with Gasteiger partial charge in [-0.2, -0.15) is 0 Å². The minimum Gasteiger partial charge on any atom is -0.497 e. The molecule has 0 saturated heterocycles. The monoisotopic (exact) mass is 415 g/mol. The van der Waals surface area contributed by atoms with E-state index in [-0.39, 0.29) is 18.4 Å². The van der Waals surface area contributed by atoms with Crippen molar-refractivity contribution in [2.45, 2.75) is 11.4 Å². The molecule has 1 heterocycles. The van der Waals surface area contributed by atoms with E-state index in [4.69, 9.17) is 4.74 Å². The molecule has 0 N–H and O–H groups in total. The molecule has 2 amide bonds. The lowest BCUT2D eigenvalue weighted by Gasteiger charge is -2.28. The van der Waals surface area contributed by atoms with Crippen LogP contribution in [-0.4, -0.2) is 30.1 Å². The Morgan fingerprint density at radius 1 is 0.867 bits per heavy atom. The van der Waals surface area contributed by atoms with Gasteiger partial charge in [-0.25, -0.2) is 0 Å². The second-order valence-corrected chi connectivity index (χ2v) is 7.80. The first-order valence-electron chi connectivity index (χ1n) is 9.55. The molecular formula is C25H21NO3S. The highest BCUT2D eigenvalue weighted by Gasteiger charge is 2.34. The molecule has 30 heavy (non-hydrogen) atoms. The molecule has 0 bridgehead atoms. The lowest BCUT2D eigenvalue weighted by atomic mass is 9.91. The zero-order valence-electron chi connectivity index (χ0n) is 16.8. The van der Waals surface area contributed by atoms with E-state index in [9.17, 15) is 9.59 Å². The average molecular weight is 416 g/mol. The highest BCUT2D eigenvalue weighted by molar-refractivity contribution is 7.98. The van der Waals surface area contributed by atoms with Gasteiger partial charge in [0.1, 0.15) is 5.75 Å². The molecule has 0 spiro atoms. The molecule has 0 aliphatic carbocycles. The second kappa shape index (κ2) is 8.59. The van der Waals surface area contributed by atoms with Crippen LogP contribution in [0.1, 0.15) is 27.0 Å². The van der Waals surface area contributed by atoms with Crippen molar-refractivity contribution in [3.8, 4) is 5.75 Å². The van der Waals surface area contributed by atoms with E-state index in [0.717, 1.165) is 21.8 Å². The third-order valence-electron chi connectivity index (χ3n) is 5.09. The fraction of sp³-hybridized carbons (Fsp3) is 0.120. The number of carbonyl (C=O) groups excluding carboxylic acids is 2. The number of thioether (sulfide) groups is 1. The Balaban J connectivity index is 1.73. The van der Waals surface area contributed by atoms with Crippen molar-refractivity contribution in [2.75, 3.05) is 13.4 Å². The number of carbonyl (C=O) groups is 2. The van der Waals surface area contributed by atoms with Gasteiger partial charge in [0.25, 0.3) is 11.8 Å². The number of imide groups is 1. The van der Waals surface area contributed by atoms with Gasteiger partial charge >= 0.3 is 0 Å². The van der Waals surface area contributed by atoms with Crippen LogP contribution in [0.15, 0.2) is 77.7 Å². The van der Waals surface area contributed by atoms with Crippen LogP contribution in [0.5, 0.6) is 5.75 Å². The number of amides is 2. The molecule has 3 aromatic carbocycles. The van der Waals surface area contributed by atoms with Crippen LogP contribution in [0.2, 0.25) is 0 Å². The zero-order chi connectivity index (χ0) is 21.1. The molecule has 0 saturated carbocycles. The Bertz CT molecular complexity index is 1120. The summed E-state index contributed by atoms with van der Waals surface area (Å²) in [5.41, 5.74) is 3.52. The van der Waals surface area contributed by atoms with E-state index in [2.05, 4.69) is 0 Å². The van der Waals surface area contributed by atoms with Crippen LogP contribution in [0.4, 0.5) is 0 Å². The van der Waals surface area contributed by atoms with E-state index < -0.39 is 0 Å². The molecule has 150 valence electrons. The van der Waals surface area contributed by atoms with Gasteiger partial charge in [-0.05, 0) is 59.4 Å². The molecule has 5 heteroatoms. The fourth-order valence-corrected chi connectivity index (χ4v) is 3.87. The smallest absolute Gasteiger partial charge is 0.261 e. The summed E-state index contributed by atoms with van der Waals surface area (Å²) in [6.07, 6.45) is 3.88. The first-order chi connectivity index (χ1) is 14.6. The Labute approximate surface area is 180 Å². The number of benzene rings is 3. The molecule has 0 fully saturated rings. The van der Waals surface area contributed by atoms with Gasteiger partial charge in [0.15, 0.2) is 0 Å². The number of rotatable bonds is 5. The molecule has 0 aromatic heterocycles. The van der Waals surface area contributed by atoms with E-state index in [1.54, 1.807) is 24.9 Å². The molecule has 0 atom stereocenters. The van der Waals surface area contributed by atoms with E-state index in [0.29, 0.717) is 16.7 Å². The highest BCUT2D eigenvalue weighted by atomic mass is 32.2. The minimum atomic E-state index is -0.288. The summed E-state index contributed by atoms with van der Waals surface area (Å²) in [6.45, 7) is 0.207. The third kappa shape index (κ3) is 3.89. The highest BCUT2D eigenvalue weighted by Crippen LogP contribution is 2.31. The quantitative estimate of drug-likeness (QED) is 0.329. The molecule has 0 radical (unpaired) electrons. The number of fused-ring (bicyclic) bond motifs is 1. The summed E-state index contributed by atoms with van der Waals surface area (Å²) in [4.78, 5) is 28.9. The van der Waals surface area contributed by atoms with Gasteiger partial charge in [-0.3, -0.25) is 14.5 Å². The molecule has 0 unspecified atom stereocenters. The van der Waals surface area contributed by atoms with Gasteiger partial charge in [0, 0.05) is 16.0 Å². The van der Waals surface area contributed by atoms with Crippen molar-refractivity contribution in [1.82, 2.24) is 4.90 Å². The number of ether oxygens (including phenoxy) is 1. The van der Waals surface area contributed by atoms with Crippen molar-refractivity contribution in [2.24, 2.45) is 0 Å². The maximum absolute atomic E-state index is 13.4. The second-order valence-electron chi connectivity index (χ2n) is 6.92. The van der Waals surface area contributed by atoms with Gasteiger partial charge in [0.2, 0.25) is 0 Å².